The third-order valence-electron chi connectivity index (χ3n) is 1.89. The van der Waals surface area contributed by atoms with Crippen LogP contribution in [0.2, 0.25) is 0 Å². The number of hydrogen-bond donors (Lipinski definition) is 0. The molecular formula is C11H19O4P. The van der Waals surface area contributed by atoms with Crippen LogP contribution in [0.1, 0.15) is 27.2 Å². The Hall–Kier alpha value is -0.440. The molecule has 5 heteroatoms. The van der Waals surface area contributed by atoms with Crippen LogP contribution in [-0.2, 0) is 18.6 Å². The van der Waals surface area contributed by atoms with Crippen molar-refractivity contribution in [2.24, 2.45) is 5.92 Å². The van der Waals surface area contributed by atoms with Crippen LogP contribution in [0.4, 0.5) is 0 Å². The molecule has 1 aliphatic heterocycles. The molecule has 0 N–H and O–H groups in total. The van der Waals surface area contributed by atoms with Gasteiger partial charge in [0.1, 0.15) is 0 Å². The average Bonchev–Trinajstić information content (AvgIpc) is 2.68. The Labute approximate surface area is 97.9 Å². The molecule has 1 saturated heterocycles. The van der Waals surface area contributed by atoms with Gasteiger partial charge in [0.25, 0.3) is 0 Å². The molecule has 0 spiro atoms. The van der Waals surface area contributed by atoms with Gasteiger partial charge >= 0.3 is 5.97 Å². The lowest BCUT2D eigenvalue weighted by Gasteiger charge is -2.13. The first-order chi connectivity index (χ1) is 7.63. The van der Waals surface area contributed by atoms with Gasteiger partial charge in [0.2, 0.25) is 8.38 Å². The van der Waals surface area contributed by atoms with Crippen LogP contribution in [0.5, 0.6) is 0 Å². The first-order valence-corrected chi connectivity index (χ1v) is 6.73. The fraction of sp³-hybridized carbons (Fsp3) is 0.727. The second-order valence-electron chi connectivity index (χ2n) is 3.81. The van der Waals surface area contributed by atoms with E-state index in [1.165, 1.54) is 0 Å². The molecule has 0 aliphatic carbocycles. The molecule has 0 atom stereocenters. The largest absolute Gasteiger partial charge is 0.466 e. The predicted molar refractivity (Wildman–Crippen MR) is 63.0 cm³/mol. The van der Waals surface area contributed by atoms with Crippen molar-refractivity contribution in [3.63, 3.8) is 0 Å². The first kappa shape index (κ1) is 13.6. The standard InChI is InChI=1S/C11H19O4P/c1-4-13-11(12)8-10(7-9(2)3)16-14-5-6-15-16/h7,9H,4-6,8H2,1-3H3/b10-7+. The highest BCUT2D eigenvalue weighted by molar-refractivity contribution is 7.52. The van der Waals surface area contributed by atoms with Crippen molar-refractivity contribution < 1.29 is 18.6 Å². The second kappa shape index (κ2) is 7.00. The van der Waals surface area contributed by atoms with Crippen molar-refractivity contribution >= 4 is 14.3 Å². The molecule has 0 radical (unpaired) electrons. The smallest absolute Gasteiger partial charge is 0.310 e. The zero-order chi connectivity index (χ0) is 12.0. The number of carbonyl (C=O) groups excluding carboxylic acids is 1. The normalized spacial score (nSPS) is 18.1. The van der Waals surface area contributed by atoms with Crippen molar-refractivity contribution in [3.8, 4) is 0 Å². The second-order valence-corrected chi connectivity index (χ2v) is 5.41. The van der Waals surface area contributed by atoms with Crippen LogP contribution < -0.4 is 0 Å². The molecular weight excluding hydrogens is 227 g/mol. The van der Waals surface area contributed by atoms with Gasteiger partial charge in [0.15, 0.2) is 0 Å². The number of carbonyl (C=O) groups is 1. The van der Waals surface area contributed by atoms with E-state index in [1.54, 1.807) is 6.92 Å². The molecule has 1 rings (SSSR count). The average molecular weight is 246 g/mol. The van der Waals surface area contributed by atoms with E-state index in [1.807, 2.05) is 6.08 Å². The summed E-state index contributed by atoms with van der Waals surface area (Å²) in [6.45, 7) is 7.58. The van der Waals surface area contributed by atoms with Gasteiger partial charge < -0.3 is 13.8 Å². The minimum Gasteiger partial charge on any atom is -0.466 e. The molecule has 0 saturated carbocycles. The molecule has 0 aromatic carbocycles. The Bertz CT molecular complexity index is 257. The quantitative estimate of drug-likeness (QED) is 0.552. The van der Waals surface area contributed by atoms with Gasteiger partial charge in [-0.25, -0.2) is 0 Å². The summed E-state index contributed by atoms with van der Waals surface area (Å²) in [6, 6.07) is 0. The number of esters is 1. The fourth-order valence-electron chi connectivity index (χ4n) is 1.37. The van der Waals surface area contributed by atoms with Crippen LogP contribution in [0.15, 0.2) is 11.4 Å². The Balaban J connectivity index is 2.60. The maximum atomic E-state index is 11.4. The van der Waals surface area contributed by atoms with E-state index < -0.39 is 8.38 Å². The van der Waals surface area contributed by atoms with Crippen molar-refractivity contribution in [2.75, 3.05) is 19.8 Å². The first-order valence-electron chi connectivity index (χ1n) is 5.55. The molecule has 1 heterocycles. The summed E-state index contributed by atoms with van der Waals surface area (Å²) in [5.41, 5.74) is 0. The number of allylic oxidation sites excluding steroid dienone is 1. The van der Waals surface area contributed by atoms with Gasteiger partial charge in [0, 0.05) is 5.31 Å². The Kier molecular flexibility index (Phi) is 5.96. The van der Waals surface area contributed by atoms with Crippen LogP contribution in [0, 0.1) is 5.92 Å². The van der Waals surface area contributed by atoms with E-state index in [9.17, 15) is 4.79 Å². The highest BCUT2D eigenvalue weighted by atomic mass is 31.2. The zero-order valence-corrected chi connectivity index (χ0v) is 11.0. The van der Waals surface area contributed by atoms with Crippen LogP contribution in [-0.4, -0.2) is 25.8 Å². The maximum Gasteiger partial charge on any atom is 0.310 e. The van der Waals surface area contributed by atoms with E-state index in [0.717, 1.165) is 5.31 Å². The molecule has 1 fully saturated rings. The summed E-state index contributed by atoms with van der Waals surface area (Å²) in [4.78, 5) is 11.4. The molecule has 0 aromatic rings. The number of rotatable bonds is 5. The van der Waals surface area contributed by atoms with E-state index in [4.69, 9.17) is 13.8 Å². The minimum atomic E-state index is -1.02. The fourth-order valence-corrected chi connectivity index (χ4v) is 2.94. The van der Waals surface area contributed by atoms with Crippen molar-refractivity contribution in [2.45, 2.75) is 27.2 Å². The van der Waals surface area contributed by atoms with Gasteiger partial charge in [0.05, 0.1) is 26.2 Å². The zero-order valence-electron chi connectivity index (χ0n) is 10.1. The Morgan fingerprint density at radius 2 is 2.06 bits per heavy atom. The summed E-state index contributed by atoms with van der Waals surface area (Å²) in [5, 5.41) is 0.931. The van der Waals surface area contributed by atoms with Gasteiger partial charge in [-0.1, -0.05) is 19.9 Å². The van der Waals surface area contributed by atoms with E-state index in [-0.39, 0.29) is 12.4 Å². The monoisotopic (exact) mass is 246 g/mol. The topological polar surface area (TPSA) is 44.8 Å². The van der Waals surface area contributed by atoms with E-state index in [0.29, 0.717) is 25.7 Å². The van der Waals surface area contributed by atoms with Crippen LogP contribution in [0.25, 0.3) is 0 Å². The molecule has 0 bridgehead atoms. The number of ether oxygens (including phenoxy) is 1. The van der Waals surface area contributed by atoms with Gasteiger partial charge in [-0.2, -0.15) is 0 Å². The molecule has 16 heavy (non-hydrogen) atoms. The highest BCUT2D eigenvalue weighted by Gasteiger charge is 2.24. The minimum absolute atomic E-state index is 0.212. The lowest BCUT2D eigenvalue weighted by Crippen LogP contribution is -2.05. The molecule has 4 nitrogen and oxygen atoms in total. The number of hydrogen-bond acceptors (Lipinski definition) is 4. The van der Waals surface area contributed by atoms with Crippen molar-refractivity contribution in [1.82, 2.24) is 0 Å². The summed E-state index contributed by atoms with van der Waals surface area (Å²) < 4.78 is 15.9. The summed E-state index contributed by atoms with van der Waals surface area (Å²) in [7, 11) is -1.02. The summed E-state index contributed by atoms with van der Waals surface area (Å²) >= 11 is 0. The lowest BCUT2D eigenvalue weighted by molar-refractivity contribution is -0.142. The van der Waals surface area contributed by atoms with Crippen molar-refractivity contribution in [3.05, 3.63) is 11.4 Å². The highest BCUT2D eigenvalue weighted by Crippen LogP contribution is 2.52. The summed E-state index contributed by atoms with van der Waals surface area (Å²) in [6.07, 6.45) is 2.31. The van der Waals surface area contributed by atoms with E-state index in [2.05, 4.69) is 13.8 Å². The third kappa shape index (κ3) is 4.60. The van der Waals surface area contributed by atoms with E-state index >= 15 is 0 Å². The maximum absolute atomic E-state index is 11.4. The van der Waals surface area contributed by atoms with Crippen molar-refractivity contribution in [1.29, 1.82) is 0 Å². The molecule has 0 unspecified atom stereocenters. The molecule has 92 valence electrons. The molecule has 0 aromatic heterocycles. The van der Waals surface area contributed by atoms with Gasteiger partial charge in [-0.3, -0.25) is 4.79 Å². The van der Waals surface area contributed by atoms with Gasteiger partial charge in [-0.05, 0) is 12.8 Å². The Morgan fingerprint density at radius 3 is 2.56 bits per heavy atom. The molecule has 1 aliphatic rings. The Morgan fingerprint density at radius 1 is 1.44 bits per heavy atom. The molecule has 0 amide bonds. The third-order valence-corrected chi connectivity index (χ3v) is 3.50. The summed E-state index contributed by atoms with van der Waals surface area (Å²) in [5.74, 6) is 0.163. The SMILES string of the molecule is CCOC(=O)C/C(=C\C(C)C)P1OCCO1. The van der Waals surface area contributed by atoms with Crippen LogP contribution in [0.3, 0.4) is 0 Å². The predicted octanol–water partition coefficient (Wildman–Crippen LogP) is 2.84. The van der Waals surface area contributed by atoms with Gasteiger partial charge in [-0.15, -0.1) is 0 Å². The lowest BCUT2D eigenvalue weighted by atomic mass is 10.2. The van der Waals surface area contributed by atoms with Crippen LogP contribution >= 0.6 is 8.38 Å².